The molecular formula is C23H28N2O4. The molecule has 0 aliphatic heterocycles. The summed E-state index contributed by atoms with van der Waals surface area (Å²) in [6, 6.07) is 15.2. The van der Waals surface area contributed by atoms with Gasteiger partial charge in [-0.1, -0.05) is 42.5 Å². The number of amides is 2. The molecule has 0 aliphatic carbocycles. The van der Waals surface area contributed by atoms with Gasteiger partial charge >= 0.3 is 5.97 Å². The third-order valence-corrected chi connectivity index (χ3v) is 4.49. The minimum Gasteiger partial charge on any atom is -0.456 e. The van der Waals surface area contributed by atoms with E-state index in [0.717, 1.165) is 22.4 Å². The Morgan fingerprint density at radius 2 is 1.69 bits per heavy atom. The first-order chi connectivity index (χ1) is 13.8. The van der Waals surface area contributed by atoms with Crippen LogP contribution in [0.5, 0.6) is 0 Å². The Morgan fingerprint density at radius 1 is 0.966 bits per heavy atom. The fraction of sp³-hybridized carbons (Fsp3) is 0.348. The van der Waals surface area contributed by atoms with E-state index < -0.39 is 5.97 Å². The van der Waals surface area contributed by atoms with Crippen LogP contribution < -0.4 is 10.6 Å². The number of nitrogens with one attached hydrogen (secondary N) is 2. The molecule has 0 saturated carbocycles. The number of rotatable bonds is 9. The van der Waals surface area contributed by atoms with E-state index in [2.05, 4.69) is 10.6 Å². The van der Waals surface area contributed by atoms with Crippen molar-refractivity contribution in [2.24, 2.45) is 0 Å². The molecule has 2 aromatic rings. The monoisotopic (exact) mass is 396 g/mol. The molecule has 2 amide bonds. The van der Waals surface area contributed by atoms with E-state index in [1.807, 2.05) is 69.3 Å². The molecular weight excluding hydrogens is 368 g/mol. The second kappa shape index (κ2) is 11.0. The van der Waals surface area contributed by atoms with Crippen molar-refractivity contribution in [2.45, 2.75) is 46.1 Å². The highest BCUT2D eigenvalue weighted by Gasteiger charge is 2.12. The predicted octanol–water partition coefficient (Wildman–Crippen LogP) is 3.83. The van der Waals surface area contributed by atoms with Crippen LogP contribution in [0.25, 0.3) is 0 Å². The topological polar surface area (TPSA) is 84.5 Å². The van der Waals surface area contributed by atoms with E-state index >= 15 is 0 Å². The van der Waals surface area contributed by atoms with Gasteiger partial charge in [-0.3, -0.25) is 14.4 Å². The number of aryl methyl sites for hydroxylation is 2. The molecule has 154 valence electrons. The summed E-state index contributed by atoms with van der Waals surface area (Å²) < 4.78 is 4.99. The molecule has 0 fully saturated rings. The summed E-state index contributed by atoms with van der Waals surface area (Å²) in [5, 5.41) is 5.64. The predicted molar refractivity (Wildman–Crippen MR) is 112 cm³/mol. The molecule has 0 saturated heterocycles. The summed E-state index contributed by atoms with van der Waals surface area (Å²) in [7, 11) is 0. The number of hydrogen-bond donors (Lipinski definition) is 2. The van der Waals surface area contributed by atoms with Crippen LogP contribution in [0, 0.1) is 13.8 Å². The highest BCUT2D eigenvalue weighted by Crippen LogP contribution is 2.17. The maximum Gasteiger partial charge on any atom is 0.306 e. The average molecular weight is 396 g/mol. The molecule has 0 aromatic heterocycles. The molecule has 1 atom stereocenters. The molecule has 2 N–H and O–H groups in total. The number of benzene rings is 2. The van der Waals surface area contributed by atoms with E-state index in [9.17, 15) is 14.4 Å². The van der Waals surface area contributed by atoms with Gasteiger partial charge in [-0.15, -0.1) is 0 Å². The molecule has 0 unspecified atom stereocenters. The first-order valence-electron chi connectivity index (χ1n) is 9.72. The van der Waals surface area contributed by atoms with Crippen LogP contribution in [0.4, 0.5) is 5.69 Å². The van der Waals surface area contributed by atoms with Gasteiger partial charge in [0.2, 0.25) is 5.91 Å². The quantitative estimate of drug-likeness (QED) is 0.631. The number of esters is 1. The van der Waals surface area contributed by atoms with Gasteiger partial charge in [0.25, 0.3) is 5.91 Å². The van der Waals surface area contributed by atoms with Gasteiger partial charge in [0.1, 0.15) is 0 Å². The lowest BCUT2D eigenvalue weighted by Gasteiger charge is -2.14. The Balaban J connectivity index is 1.64. The Hall–Kier alpha value is -3.15. The highest BCUT2D eigenvalue weighted by atomic mass is 16.5. The average Bonchev–Trinajstić information content (AvgIpc) is 2.70. The lowest BCUT2D eigenvalue weighted by atomic mass is 10.1. The SMILES string of the molecule is Cc1ccc(C)c(NC(=O)CCCC(=O)OCC(=O)N[C@@H](C)c2ccccc2)c1. The van der Waals surface area contributed by atoms with Crippen molar-refractivity contribution in [1.29, 1.82) is 0 Å². The van der Waals surface area contributed by atoms with Gasteiger partial charge in [-0.2, -0.15) is 0 Å². The number of anilines is 1. The van der Waals surface area contributed by atoms with Gasteiger partial charge in [0.15, 0.2) is 6.61 Å². The summed E-state index contributed by atoms with van der Waals surface area (Å²) in [5.74, 6) is -1.00. The standard InChI is InChI=1S/C23H28N2O4/c1-16-12-13-17(2)20(14-16)25-21(26)10-7-11-23(28)29-15-22(27)24-18(3)19-8-5-4-6-9-19/h4-6,8-9,12-14,18H,7,10-11,15H2,1-3H3,(H,24,27)(H,25,26)/t18-/m0/s1. The van der Waals surface area contributed by atoms with Crippen LogP contribution >= 0.6 is 0 Å². The zero-order valence-electron chi connectivity index (χ0n) is 17.2. The van der Waals surface area contributed by atoms with Crippen LogP contribution in [0.3, 0.4) is 0 Å². The van der Waals surface area contributed by atoms with E-state index in [0.29, 0.717) is 6.42 Å². The third-order valence-electron chi connectivity index (χ3n) is 4.49. The van der Waals surface area contributed by atoms with E-state index in [4.69, 9.17) is 4.74 Å². The fourth-order valence-corrected chi connectivity index (χ4v) is 2.80. The number of carbonyl (C=O) groups excluding carboxylic acids is 3. The normalized spacial score (nSPS) is 11.4. The van der Waals surface area contributed by atoms with Crippen LogP contribution in [0.15, 0.2) is 48.5 Å². The molecule has 29 heavy (non-hydrogen) atoms. The maximum atomic E-state index is 12.1. The Morgan fingerprint density at radius 3 is 2.41 bits per heavy atom. The summed E-state index contributed by atoms with van der Waals surface area (Å²) in [6.45, 7) is 5.42. The molecule has 0 aliphatic rings. The van der Waals surface area contributed by atoms with Crippen molar-refractivity contribution in [3.8, 4) is 0 Å². The molecule has 2 rings (SSSR count). The first-order valence-corrected chi connectivity index (χ1v) is 9.72. The van der Waals surface area contributed by atoms with Gasteiger partial charge in [-0.25, -0.2) is 0 Å². The number of hydrogen-bond acceptors (Lipinski definition) is 4. The van der Waals surface area contributed by atoms with E-state index in [1.54, 1.807) is 0 Å². The minimum absolute atomic E-state index is 0.0851. The highest BCUT2D eigenvalue weighted by molar-refractivity contribution is 5.91. The second-order valence-electron chi connectivity index (χ2n) is 7.08. The zero-order chi connectivity index (χ0) is 21.2. The molecule has 6 heteroatoms. The molecule has 0 radical (unpaired) electrons. The van der Waals surface area contributed by atoms with Crippen molar-refractivity contribution >= 4 is 23.5 Å². The Kier molecular flexibility index (Phi) is 8.40. The van der Waals surface area contributed by atoms with Gasteiger partial charge in [-0.05, 0) is 49.9 Å². The number of carbonyl (C=O) groups is 3. The van der Waals surface area contributed by atoms with Gasteiger partial charge < -0.3 is 15.4 Å². The van der Waals surface area contributed by atoms with Crippen molar-refractivity contribution in [1.82, 2.24) is 5.32 Å². The third kappa shape index (κ3) is 7.78. The van der Waals surface area contributed by atoms with Crippen molar-refractivity contribution in [3.63, 3.8) is 0 Å². The molecule has 0 spiro atoms. The van der Waals surface area contributed by atoms with E-state index in [1.165, 1.54) is 0 Å². The summed E-state index contributed by atoms with van der Waals surface area (Å²) in [4.78, 5) is 35.8. The van der Waals surface area contributed by atoms with Crippen LogP contribution in [-0.4, -0.2) is 24.4 Å². The molecule has 2 aromatic carbocycles. The van der Waals surface area contributed by atoms with E-state index in [-0.39, 0.29) is 37.3 Å². The fourth-order valence-electron chi connectivity index (χ4n) is 2.80. The smallest absolute Gasteiger partial charge is 0.306 e. The molecule has 0 bridgehead atoms. The lowest BCUT2D eigenvalue weighted by Crippen LogP contribution is -2.31. The first kappa shape index (κ1) is 22.1. The van der Waals surface area contributed by atoms with Crippen LogP contribution in [-0.2, 0) is 19.1 Å². The van der Waals surface area contributed by atoms with Crippen LogP contribution in [0.2, 0.25) is 0 Å². The van der Waals surface area contributed by atoms with Crippen molar-refractivity contribution in [2.75, 3.05) is 11.9 Å². The Bertz CT molecular complexity index is 849. The van der Waals surface area contributed by atoms with Gasteiger partial charge in [0, 0.05) is 18.5 Å². The lowest BCUT2D eigenvalue weighted by molar-refractivity contribution is -0.148. The Labute approximate surface area is 171 Å². The second-order valence-corrected chi connectivity index (χ2v) is 7.08. The largest absolute Gasteiger partial charge is 0.456 e. The van der Waals surface area contributed by atoms with Crippen molar-refractivity contribution < 1.29 is 19.1 Å². The summed E-state index contributed by atoms with van der Waals surface area (Å²) >= 11 is 0. The zero-order valence-corrected chi connectivity index (χ0v) is 17.2. The number of ether oxygens (including phenoxy) is 1. The van der Waals surface area contributed by atoms with Crippen molar-refractivity contribution in [3.05, 3.63) is 65.2 Å². The van der Waals surface area contributed by atoms with Crippen LogP contribution in [0.1, 0.15) is 48.9 Å². The maximum absolute atomic E-state index is 12.1. The summed E-state index contributed by atoms with van der Waals surface area (Å²) in [6.07, 6.45) is 0.652. The minimum atomic E-state index is -0.493. The van der Waals surface area contributed by atoms with Gasteiger partial charge in [0.05, 0.1) is 6.04 Å². The summed E-state index contributed by atoms with van der Waals surface area (Å²) in [5.41, 5.74) is 3.80. The molecule has 6 nitrogen and oxygen atoms in total. The molecule has 0 heterocycles.